The summed E-state index contributed by atoms with van der Waals surface area (Å²) >= 11 is 9.60. The van der Waals surface area contributed by atoms with Crippen molar-refractivity contribution in [2.24, 2.45) is 0 Å². The first-order valence-corrected chi connectivity index (χ1v) is 8.50. The Hall–Kier alpha value is -2.02. The van der Waals surface area contributed by atoms with E-state index in [9.17, 15) is 24.3 Å². The van der Waals surface area contributed by atoms with E-state index < -0.39 is 41.1 Å². The van der Waals surface area contributed by atoms with Crippen molar-refractivity contribution in [1.29, 1.82) is 0 Å². The summed E-state index contributed by atoms with van der Waals surface area (Å²) < 4.78 is 10.1. The standard InChI is InChI=1S/C14H16N2O8S2/c1-2-22-13(6-25,7-26)11(19)15-8-5-23-16(10(8)18)14(12(20)21)4-3-9(17)24-14/h6-8H,2-5H2,1H3,(H,15,19)(H,20,21)/t8-,14?/m0/s1. The molecule has 0 aliphatic carbocycles. The molecule has 0 aromatic carbocycles. The molecule has 10 nitrogen and oxygen atoms in total. The highest BCUT2D eigenvalue weighted by Gasteiger charge is 2.59. The number of hydroxylamine groups is 2. The SMILES string of the molecule is CCOC(C=S)(C=S)C(=O)N[C@H]1CON(C2(C(=O)O)CCC(=O)O2)C1=O. The van der Waals surface area contributed by atoms with Gasteiger partial charge < -0.3 is 19.9 Å². The summed E-state index contributed by atoms with van der Waals surface area (Å²) in [5.74, 6) is -3.99. The number of amides is 2. The number of carbonyl (C=O) groups excluding carboxylic acids is 3. The van der Waals surface area contributed by atoms with Crippen LogP contribution in [0.4, 0.5) is 0 Å². The molecule has 0 spiro atoms. The minimum Gasteiger partial charge on any atom is -0.477 e. The van der Waals surface area contributed by atoms with E-state index in [2.05, 4.69) is 5.32 Å². The van der Waals surface area contributed by atoms with Gasteiger partial charge in [-0.25, -0.2) is 4.79 Å². The van der Waals surface area contributed by atoms with Crippen molar-refractivity contribution >= 4 is 58.9 Å². The Kier molecular flexibility index (Phi) is 6.01. The lowest BCUT2D eigenvalue weighted by molar-refractivity contribution is -0.256. The van der Waals surface area contributed by atoms with Gasteiger partial charge in [0.1, 0.15) is 12.6 Å². The molecule has 2 heterocycles. The van der Waals surface area contributed by atoms with Crippen LogP contribution in [0.1, 0.15) is 19.8 Å². The first-order valence-electron chi connectivity index (χ1n) is 7.56. The quantitative estimate of drug-likeness (QED) is 0.389. The van der Waals surface area contributed by atoms with E-state index in [1.807, 2.05) is 0 Å². The predicted molar refractivity (Wildman–Crippen MR) is 92.1 cm³/mol. The minimum absolute atomic E-state index is 0.132. The maximum absolute atomic E-state index is 12.5. The van der Waals surface area contributed by atoms with Gasteiger partial charge in [-0.1, -0.05) is 24.4 Å². The number of carbonyl (C=O) groups is 4. The molecule has 0 saturated carbocycles. The maximum Gasteiger partial charge on any atom is 0.372 e. The van der Waals surface area contributed by atoms with Gasteiger partial charge in [0.15, 0.2) is 0 Å². The molecule has 2 aliphatic rings. The van der Waals surface area contributed by atoms with Gasteiger partial charge in [0, 0.05) is 23.8 Å². The number of nitrogens with one attached hydrogen (secondary N) is 1. The van der Waals surface area contributed by atoms with Gasteiger partial charge in [-0.3, -0.25) is 19.2 Å². The average Bonchev–Trinajstić information content (AvgIpc) is 3.17. The molecule has 2 saturated heterocycles. The molecular weight excluding hydrogens is 388 g/mol. The lowest BCUT2D eigenvalue weighted by Gasteiger charge is -2.30. The van der Waals surface area contributed by atoms with E-state index in [4.69, 9.17) is 38.7 Å². The van der Waals surface area contributed by atoms with Gasteiger partial charge in [-0.2, -0.15) is 5.06 Å². The van der Waals surface area contributed by atoms with E-state index >= 15 is 0 Å². The third-order valence-electron chi connectivity index (χ3n) is 3.88. The second kappa shape index (κ2) is 7.70. The van der Waals surface area contributed by atoms with Gasteiger partial charge >= 0.3 is 17.7 Å². The van der Waals surface area contributed by atoms with Gasteiger partial charge in [-0.05, 0) is 6.92 Å². The third-order valence-corrected chi connectivity index (χ3v) is 4.58. The van der Waals surface area contributed by atoms with E-state index in [-0.39, 0.29) is 26.1 Å². The van der Waals surface area contributed by atoms with Crippen LogP contribution in [-0.2, 0) is 33.5 Å². The Balaban J connectivity index is 2.17. The molecule has 12 heteroatoms. The van der Waals surface area contributed by atoms with Gasteiger partial charge in [0.2, 0.25) is 5.60 Å². The van der Waals surface area contributed by atoms with Crippen LogP contribution in [0.15, 0.2) is 0 Å². The predicted octanol–water partition coefficient (Wildman–Crippen LogP) is -0.862. The van der Waals surface area contributed by atoms with Crippen molar-refractivity contribution in [3.8, 4) is 0 Å². The van der Waals surface area contributed by atoms with Crippen LogP contribution in [0, 0.1) is 0 Å². The van der Waals surface area contributed by atoms with Crippen molar-refractivity contribution in [3.63, 3.8) is 0 Å². The second-order valence-electron chi connectivity index (χ2n) is 5.48. The number of ether oxygens (including phenoxy) is 2. The summed E-state index contributed by atoms with van der Waals surface area (Å²) in [6, 6.07) is -1.22. The van der Waals surface area contributed by atoms with Crippen LogP contribution < -0.4 is 5.32 Å². The fourth-order valence-corrected chi connectivity index (χ4v) is 3.10. The summed E-state index contributed by atoms with van der Waals surface area (Å²) in [4.78, 5) is 53.0. The molecule has 26 heavy (non-hydrogen) atoms. The highest BCUT2D eigenvalue weighted by atomic mass is 32.1. The molecule has 142 valence electrons. The highest BCUT2D eigenvalue weighted by Crippen LogP contribution is 2.34. The van der Waals surface area contributed by atoms with Gasteiger partial charge in [-0.15, -0.1) is 0 Å². The Labute approximate surface area is 158 Å². The van der Waals surface area contributed by atoms with E-state index in [0.29, 0.717) is 5.06 Å². The number of carboxylic acids is 1. The van der Waals surface area contributed by atoms with Crippen LogP contribution in [0.5, 0.6) is 0 Å². The molecule has 0 aromatic heterocycles. The molecule has 2 N–H and O–H groups in total. The van der Waals surface area contributed by atoms with Crippen LogP contribution >= 0.6 is 24.4 Å². The summed E-state index contributed by atoms with van der Waals surface area (Å²) in [6.07, 6.45) is -0.448. The molecule has 2 amide bonds. The monoisotopic (exact) mass is 404 g/mol. The normalized spacial score (nSPS) is 25.7. The minimum atomic E-state index is -2.25. The maximum atomic E-state index is 12.5. The molecule has 0 bridgehead atoms. The first-order chi connectivity index (χ1) is 12.3. The smallest absolute Gasteiger partial charge is 0.372 e. The van der Waals surface area contributed by atoms with Crippen molar-refractivity contribution in [3.05, 3.63) is 0 Å². The topological polar surface area (TPSA) is 131 Å². The van der Waals surface area contributed by atoms with Crippen molar-refractivity contribution in [2.75, 3.05) is 13.2 Å². The third kappa shape index (κ3) is 3.32. The van der Waals surface area contributed by atoms with E-state index in [1.54, 1.807) is 6.92 Å². The molecule has 2 fully saturated rings. The Bertz CT molecular complexity index is 661. The zero-order valence-electron chi connectivity index (χ0n) is 13.6. The first kappa shape index (κ1) is 20.3. The number of carboxylic acid groups (broad SMARTS) is 1. The average molecular weight is 404 g/mol. The molecule has 2 aliphatic heterocycles. The van der Waals surface area contributed by atoms with Crippen molar-refractivity contribution < 1.29 is 38.6 Å². The number of esters is 1. The van der Waals surface area contributed by atoms with Crippen LogP contribution in [0.2, 0.25) is 0 Å². The van der Waals surface area contributed by atoms with Crippen LogP contribution in [0.3, 0.4) is 0 Å². The summed E-state index contributed by atoms with van der Waals surface area (Å²) in [5.41, 5.74) is -3.95. The van der Waals surface area contributed by atoms with Gasteiger partial charge in [0.25, 0.3) is 11.8 Å². The number of hydrogen-bond acceptors (Lipinski definition) is 9. The molecular formula is C14H16N2O8S2. The molecule has 1 unspecified atom stereocenters. The zero-order chi connectivity index (χ0) is 19.5. The Morgan fingerprint density at radius 1 is 1.46 bits per heavy atom. The Morgan fingerprint density at radius 3 is 2.58 bits per heavy atom. The fraction of sp³-hybridized carbons (Fsp3) is 0.571. The lowest BCUT2D eigenvalue weighted by atomic mass is 10.1. The number of nitrogens with zero attached hydrogens (tertiary/aromatic N) is 1. The van der Waals surface area contributed by atoms with Crippen LogP contribution in [0.25, 0.3) is 0 Å². The largest absolute Gasteiger partial charge is 0.477 e. The summed E-state index contributed by atoms with van der Waals surface area (Å²) in [5, 5.41) is 14.3. The van der Waals surface area contributed by atoms with Crippen LogP contribution in [-0.4, -0.2) is 75.2 Å². The lowest BCUT2D eigenvalue weighted by Crippen LogP contribution is -2.59. The number of aliphatic carboxylic acids is 1. The molecule has 0 radical (unpaired) electrons. The summed E-state index contributed by atoms with van der Waals surface area (Å²) in [6.45, 7) is 1.41. The molecule has 2 atom stereocenters. The number of cyclic esters (lactones) is 1. The zero-order valence-corrected chi connectivity index (χ0v) is 15.3. The van der Waals surface area contributed by atoms with Crippen molar-refractivity contribution in [1.82, 2.24) is 10.4 Å². The Morgan fingerprint density at radius 2 is 2.12 bits per heavy atom. The number of rotatable bonds is 8. The number of hydrogen-bond donors (Lipinski definition) is 2. The van der Waals surface area contributed by atoms with Gasteiger partial charge in [0.05, 0.1) is 6.42 Å². The molecule has 0 aromatic rings. The van der Waals surface area contributed by atoms with E-state index in [0.717, 1.165) is 10.7 Å². The summed E-state index contributed by atoms with van der Waals surface area (Å²) in [7, 11) is 0. The van der Waals surface area contributed by atoms with Crippen molar-refractivity contribution in [2.45, 2.75) is 37.1 Å². The second-order valence-corrected chi connectivity index (χ2v) is 5.95. The fourth-order valence-electron chi connectivity index (χ4n) is 2.53. The highest BCUT2D eigenvalue weighted by molar-refractivity contribution is 7.81. The van der Waals surface area contributed by atoms with E-state index in [1.165, 1.54) is 0 Å². The number of thiocarbonyl (C=S) groups is 2. The molecule has 2 rings (SSSR count).